The fraction of sp³-hybridized carbons (Fsp3) is 0.353. The molecule has 5 heteroatoms. The number of aromatic carboxylic acids is 1. The minimum atomic E-state index is -0.847. The molecule has 2 heterocycles. The summed E-state index contributed by atoms with van der Waals surface area (Å²) in [6.07, 6.45) is 0.753. The molecule has 0 unspecified atom stereocenters. The van der Waals surface area contributed by atoms with Crippen molar-refractivity contribution in [3.05, 3.63) is 58.5 Å². The van der Waals surface area contributed by atoms with E-state index in [9.17, 15) is 9.90 Å². The zero-order valence-corrected chi connectivity index (χ0v) is 12.5. The van der Waals surface area contributed by atoms with Crippen molar-refractivity contribution in [2.45, 2.75) is 26.1 Å². The molecule has 0 aliphatic carbocycles. The highest BCUT2D eigenvalue weighted by Crippen LogP contribution is 2.24. The van der Waals surface area contributed by atoms with Gasteiger partial charge in [-0.05, 0) is 35.7 Å². The number of fused-ring (bicyclic) bond motifs is 1. The number of rotatable bonds is 5. The Labute approximate surface area is 129 Å². The Balaban J connectivity index is 1.71. The van der Waals surface area contributed by atoms with Gasteiger partial charge in [-0.15, -0.1) is 0 Å². The van der Waals surface area contributed by atoms with Gasteiger partial charge in [-0.2, -0.15) is 0 Å². The summed E-state index contributed by atoms with van der Waals surface area (Å²) in [6.45, 7) is 2.78. The second-order valence-electron chi connectivity index (χ2n) is 5.51. The van der Waals surface area contributed by atoms with Crippen LogP contribution in [-0.2, 0) is 30.9 Å². The summed E-state index contributed by atoms with van der Waals surface area (Å²) in [6, 6.07) is 9.40. The van der Waals surface area contributed by atoms with E-state index >= 15 is 0 Å². The van der Waals surface area contributed by atoms with Gasteiger partial charge in [0.15, 0.2) is 0 Å². The van der Waals surface area contributed by atoms with E-state index in [1.54, 1.807) is 13.2 Å². The van der Waals surface area contributed by atoms with Crippen molar-refractivity contribution in [3.8, 4) is 0 Å². The molecule has 1 N–H and O–H groups in total. The van der Waals surface area contributed by atoms with Crippen molar-refractivity contribution in [2.75, 3.05) is 13.7 Å². The van der Waals surface area contributed by atoms with E-state index in [0.29, 0.717) is 12.2 Å². The van der Waals surface area contributed by atoms with Gasteiger partial charge in [0.2, 0.25) is 0 Å². The third kappa shape index (κ3) is 3.05. The molecule has 0 radical (unpaired) electrons. The number of benzene rings is 1. The number of hydrogen-bond donors (Lipinski definition) is 1. The van der Waals surface area contributed by atoms with Crippen molar-refractivity contribution >= 4 is 5.97 Å². The molecule has 0 amide bonds. The fourth-order valence-corrected chi connectivity index (χ4v) is 2.95. The molecule has 1 aromatic carbocycles. The predicted molar refractivity (Wildman–Crippen MR) is 80.6 cm³/mol. The van der Waals surface area contributed by atoms with Gasteiger partial charge in [-0.25, -0.2) is 4.79 Å². The molecular weight excluding hydrogens is 282 g/mol. The van der Waals surface area contributed by atoms with Crippen molar-refractivity contribution in [3.63, 3.8) is 0 Å². The molecule has 0 saturated carbocycles. The van der Waals surface area contributed by atoms with E-state index < -0.39 is 5.97 Å². The monoisotopic (exact) mass is 301 g/mol. The molecule has 1 aliphatic rings. The molecule has 1 aliphatic heterocycles. The molecule has 116 valence electrons. The molecule has 0 fully saturated rings. The first-order chi connectivity index (χ1) is 10.7. The maximum Gasteiger partial charge on any atom is 0.335 e. The average molecular weight is 301 g/mol. The van der Waals surface area contributed by atoms with Gasteiger partial charge in [-0.3, -0.25) is 4.90 Å². The van der Waals surface area contributed by atoms with E-state index in [-0.39, 0.29) is 0 Å². The number of ether oxygens (including phenoxy) is 1. The van der Waals surface area contributed by atoms with Crippen LogP contribution in [0.3, 0.4) is 0 Å². The van der Waals surface area contributed by atoms with Crippen LogP contribution >= 0.6 is 0 Å². The number of furan rings is 1. The van der Waals surface area contributed by atoms with Gasteiger partial charge in [-0.1, -0.05) is 12.1 Å². The number of carboxylic acids is 1. The van der Waals surface area contributed by atoms with Gasteiger partial charge < -0.3 is 14.3 Å². The molecule has 0 atom stereocenters. The molecule has 0 bridgehead atoms. The normalized spacial score (nSPS) is 14.8. The highest BCUT2D eigenvalue weighted by molar-refractivity contribution is 5.89. The largest absolute Gasteiger partial charge is 0.478 e. The van der Waals surface area contributed by atoms with Crippen LogP contribution in [0.15, 0.2) is 34.7 Å². The van der Waals surface area contributed by atoms with Crippen molar-refractivity contribution < 1.29 is 19.1 Å². The van der Waals surface area contributed by atoms with Crippen LogP contribution in [0.2, 0.25) is 0 Å². The van der Waals surface area contributed by atoms with E-state index in [1.807, 2.05) is 24.3 Å². The van der Waals surface area contributed by atoms with Crippen LogP contribution in [0.1, 0.15) is 33.0 Å². The third-order valence-corrected chi connectivity index (χ3v) is 3.96. The molecule has 1 aromatic heterocycles. The number of methoxy groups -OCH3 is 1. The Kier molecular flexibility index (Phi) is 4.27. The highest BCUT2D eigenvalue weighted by Gasteiger charge is 2.21. The van der Waals surface area contributed by atoms with Crippen LogP contribution < -0.4 is 0 Å². The summed E-state index contributed by atoms with van der Waals surface area (Å²) < 4.78 is 10.8. The maximum atomic E-state index is 11.3. The minimum absolute atomic E-state index is 0.428. The molecule has 5 nitrogen and oxygen atoms in total. The molecular formula is C17H19NO4. The molecule has 2 aromatic rings. The standard InChI is InChI=1S/C17H19NO4/c1-21-11-14-6-5-13(22-14)10-18-8-7-15-12(9-18)3-2-4-16(15)17(19)20/h2-6H,7-11H2,1H3,(H,19,20). The first-order valence-corrected chi connectivity index (χ1v) is 7.30. The van der Waals surface area contributed by atoms with Crippen molar-refractivity contribution in [2.24, 2.45) is 0 Å². The van der Waals surface area contributed by atoms with Crippen LogP contribution in [0.4, 0.5) is 0 Å². The van der Waals surface area contributed by atoms with E-state index in [4.69, 9.17) is 9.15 Å². The van der Waals surface area contributed by atoms with Crippen LogP contribution in [-0.4, -0.2) is 29.6 Å². The van der Waals surface area contributed by atoms with Gasteiger partial charge in [0.25, 0.3) is 0 Å². The van der Waals surface area contributed by atoms with Crippen molar-refractivity contribution in [1.82, 2.24) is 4.90 Å². The van der Waals surface area contributed by atoms with E-state index in [1.165, 1.54) is 0 Å². The zero-order chi connectivity index (χ0) is 15.5. The lowest BCUT2D eigenvalue weighted by atomic mass is 9.94. The number of hydrogen-bond acceptors (Lipinski definition) is 4. The summed E-state index contributed by atoms with van der Waals surface area (Å²) in [4.78, 5) is 13.5. The molecule has 3 rings (SSSR count). The lowest BCUT2D eigenvalue weighted by Gasteiger charge is -2.28. The average Bonchev–Trinajstić information content (AvgIpc) is 2.94. The number of nitrogens with zero attached hydrogens (tertiary/aromatic N) is 1. The van der Waals surface area contributed by atoms with Gasteiger partial charge >= 0.3 is 5.97 Å². The second kappa shape index (κ2) is 6.34. The molecule has 22 heavy (non-hydrogen) atoms. The van der Waals surface area contributed by atoms with E-state index in [0.717, 1.165) is 48.7 Å². The van der Waals surface area contributed by atoms with Crippen LogP contribution in [0.25, 0.3) is 0 Å². The van der Waals surface area contributed by atoms with E-state index in [2.05, 4.69) is 4.90 Å². The highest BCUT2D eigenvalue weighted by atomic mass is 16.5. The topological polar surface area (TPSA) is 62.9 Å². The quantitative estimate of drug-likeness (QED) is 0.920. The summed E-state index contributed by atoms with van der Waals surface area (Å²) in [5.74, 6) is 0.883. The van der Waals surface area contributed by atoms with Crippen LogP contribution in [0.5, 0.6) is 0 Å². The summed E-state index contributed by atoms with van der Waals surface area (Å²) in [7, 11) is 1.64. The Morgan fingerprint density at radius 2 is 2.14 bits per heavy atom. The summed E-state index contributed by atoms with van der Waals surface area (Å²) in [5.41, 5.74) is 2.48. The first-order valence-electron chi connectivity index (χ1n) is 7.30. The molecule has 0 spiro atoms. The Morgan fingerprint density at radius 1 is 1.32 bits per heavy atom. The van der Waals surface area contributed by atoms with Gasteiger partial charge in [0, 0.05) is 20.2 Å². The van der Waals surface area contributed by atoms with Gasteiger partial charge in [0.05, 0.1) is 12.1 Å². The fourth-order valence-electron chi connectivity index (χ4n) is 2.95. The smallest absolute Gasteiger partial charge is 0.335 e. The SMILES string of the molecule is COCc1ccc(CN2CCc3c(cccc3C(=O)O)C2)o1. The Bertz CT molecular complexity index is 677. The number of carboxylic acid groups (broad SMARTS) is 1. The summed E-state index contributed by atoms with van der Waals surface area (Å²) >= 11 is 0. The second-order valence-corrected chi connectivity index (χ2v) is 5.51. The summed E-state index contributed by atoms with van der Waals surface area (Å²) in [5, 5.41) is 9.25. The minimum Gasteiger partial charge on any atom is -0.478 e. The molecule has 0 saturated heterocycles. The first kappa shape index (κ1) is 14.8. The predicted octanol–water partition coefficient (Wildman–Crippen LogP) is 2.68. The lowest BCUT2D eigenvalue weighted by Crippen LogP contribution is -2.31. The third-order valence-electron chi connectivity index (χ3n) is 3.96. The van der Waals surface area contributed by atoms with Crippen molar-refractivity contribution in [1.29, 1.82) is 0 Å². The van der Waals surface area contributed by atoms with Gasteiger partial charge in [0.1, 0.15) is 18.1 Å². The lowest BCUT2D eigenvalue weighted by molar-refractivity contribution is 0.0694. The zero-order valence-electron chi connectivity index (χ0n) is 12.5. The van der Waals surface area contributed by atoms with Crippen LogP contribution in [0, 0.1) is 0 Å². The maximum absolute atomic E-state index is 11.3. The number of carbonyl (C=O) groups is 1. The Hall–Kier alpha value is -2.11. The Morgan fingerprint density at radius 3 is 2.91 bits per heavy atom.